The summed E-state index contributed by atoms with van der Waals surface area (Å²) in [6.45, 7) is 2.75. The van der Waals surface area contributed by atoms with Crippen molar-refractivity contribution in [2.24, 2.45) is 28.1 Å². The molecule has 15 nitrogen and oxygen atoms in total. The van der Waals surface area contributed by atoms with E-state index in [0.29, 0.717) is 11.3 Å². The molecule has 1 aliphatic rings. The second-order valence-corrected chi connectivity index (χ2v) is 7.73. The molecule has 0 radical (unpaired) electrons. The molecule has 0 bridgehead atoms. The Morgan fingerprint density at radius 3 is 2.30 bits per heavy atom. The van der Waals surface area contributed by atoms with Gasteiger partial charge in [0.2, 0.25) is 17.7 Å². The Bertz CT molecular complexity index is 825. The van der Waals surface area contributed by atoms with Gasteiger partial charge in [-0.2, -0.15) is 0 Å². The molecule has 0 unspecified atom stereocenters. The number of carboxylic acid groups (broad SMARTS) is 1. The summed E-state index contributed by atoms with van der Waals surface area (Å²) in [7, 11) is 0. The largest absolute Gasteiger partial charge is 0.481 e. The third-order valence-electron chi connectivity index (χ3n) is 4.66. The van der Waals surface area contributed by atoms with Gasteiger partial charge in [-0.05, 0) is 18.8 Å². The molecule has 0 aliphatic carbocycles. The van der Waals surface area contributed by atoms with E-state index in [-0.39, 0.29) is 24.8 Å². The molecule has 1 heterocycles. The highest BCUT2D eigenvalue weighted by atomic mass is 16.4. The molecule has 1 saturated heterocycles. The quantitative estimate of drug-likeness (QED) is 0.0610. The van der Waals surface area contributed by atoms with Crippen molar-refractivity contribution in [3.8, 4) is 0 Å². The van der Waals surface area contributed by atoms with Crippen molar-refractivity contribution in [3.63, 3.8) is 0 Å². The Morgan fingerprint density at radius 2 is 1.79 bits per heavy atom. The van der Waals surface area contributed by atoms with Gasteiger partial charge in [-0.1, -0.05) is 13.8 Å². The van der Waals surface area contributed by atoms with Gasteiger partial charge in [0.15, 0.2) is 5.96 Å². The number of amides is 6. The number of hydrogen-bond acceptors (Lipinski definition) is 7. The normalized spacial score (nSPS) is 17.2. The highest BCUT2D eigenvalue weighted by Crippen LogP contribution is 2.11. The molecule has 33 heavy (non-hydrogen) atoms. The number of primary amides is 1. The molecule has 1 rings (SSSR count). The molecule has 0 saturated carbocycles. The number of nitrogens with zero attached hydrogens (tertiary/aromatic N) is 2. The van der Waals surface area contributed by atoms with Crippen LogP contribution in [0, 0.1) is 5.92 Å². The summed E-state index contributed by atoms with van der Waals surface area (Å²) in [5.74, 6) is -5.27. The number of hydrogen-bond donors (Lipinski definition) is 7. The van der Waals surface area contributed by atoms with E-state index in [1.807, 2.05) is 0 Å². The van der Waals surface area contributed by atoms with Gasteiger partial charge in [0, 0.05) is 6.54 Å². The fourth-order valence-corrected chi connectivity index (χ4v) is 3.01. The third kappa shape index (κ3) is 8.62. The minimum absolute atomic E-state index is 0.106. The van der Waals surface area contributed by atoms with Gasteiger partial charge in [-0.15, -0.1) is 0 Å². The number of rotatable bonds is 13. The lowest BCUT2D eigenvalue weighted by atomic mass is 10.0. The van der Waals surface area contributed by atoms with E-state index in [9.17, 15) is 28.8 Å². The Hall–Kier alpha value is -3.91. The molecule has 184 valence electrons. The van der Waals surface area contributed by atoms with Crippen LogP contribution in [0.5, 0.6) is 0 Å². The molecule has 6 amide bonds. The van der Waals surface area contributed by atoms with Crippen molar-refractivity contribution in [1.29, 1.82) is 0 Å². The van der Waals surface area contributed by atoms with Crippen LogP contribution in [0.3, 0.4) is 0 Å². The molecule has 1 fully saturated rings. The van der Waals surface area contributed by atoms with Crippen LogP contribution in [0.2, 0.25) is 0 Å². The number of imide groups is 1. The van der Waals surface area contributed by atoms with Crippen molar-refractivity contribution < 1.29 is 33.9 Å². The number of aliphatic imine (C=N–C) groups is 1. The maximum atomic E-state index is 12.5. The Balaban J connectivity index is 2.76. The summed E-state index contributed by atoms with van der Waals surface area (Å²) >= 11 is 0. The third-order valence-corrected chi connectivity index (χ3v) is 4.66. The summed E-state index contributed by atoms with van der Waals surface area (Å²) in [5.41, 5.74) is 15.7. The summed E-state index contributed by atoms with van der Waals surface area (Å²) in [5, 5.41) is 16.0. The van der Waals surface area contributed by atoms with Gasteiger partial charge in [0.05, 0.1) is 6.42 Å². The van der Waals surface area contributed by atoms with E-state index in [1.165, 1.54) is 0 Å². The zero-order valence-corrected chi connectivity index (χ0v) is 18.4. The van der Waals surface area contributed by atoms with E-state index in [0.717, 1.165) is 0 Å². The van der Waals surface area contributed by atoms with Gasteiger partial charge < -0.3 is 38.3 Å². The van der Waals surface area contributed by atoms with Crippen LogP contribution in [0.15, 0.2) is 4.99 Å². The zero-order chi connectivity index (χ0) is 25.3. The second kappa shape index (κ2) is 12.2. The molecule has 1 aliphatic heterocycles. The average Bonchev–Trinajstić information content (AvgIpc) is 2.95. The van der Waals surface area contributed by atoms with E-state index in [4.69, 9.17) is 22.3 Å². The van der Waals surface area contributed by atoms with Crippen molar-refractivity contribution in [2.45, 2.75) is 51.2 Å². The van der Waals surface area contributed by atoms with Gasteiger partial charge in [-0.3, -0.25) is 33.9 Å². The van der Waals surface area contributed by atoms with Crippen LogP contribution >= 0.6 is 0 Å². The highest BCUT2D eigenvalue weighted by Gasteiger charge is 2.39. The van der Waals surface area contributed by atoms with Gasteiger partial charge in [-0.25, -0.2) is 4.79 Å². The minimum Gasteiger partial charge on any atom is -0.481 e. The minimum atomic E-state index is -1.56. The zero-order valence-electron chi connectivity index (χ0n) is 18.4. The lowest BCUT2D eigenvalue weighted by molar-refractivity contribution is -0.141. The van der Waals surface area contributed by atoms with Gasteiger partial charge in [0.1, 0.15) is 24.7 Å². The molecule has 10 N–H and O–H groups in total. The predicted molar refractivity (Wildman–Crippen MR) is 114 cm³/mol. The van der Waals surface area contributed by atoms with Crippen molar-refractivity contribution >= 4 is 41.6 Å². The fourth-order valence-electron chi connectivity index (χ4n) is 3.01. The molecular formula is C18H30N8O7. The number of urea groups is 1. The summed E-state index contributed by atoms with van der Waals surface area (Å²) in [6.07, 6.45) is -0.172. The first kappa shape index (κ1) is 27.1. The standard InChI is InChI=1S/C18H30N8O7/c1-8(2)13(14(19)30)25-15(31)10(6-12(28)29)23-11(27)7-26-16(32)9(24-18(26)33)4-3-5-22-17(20)21/h8-10,13H,3-7H2,1-2H3,(H2,19,30)(H,23,27)(H,24,33)(H,25,31)(H,28,29)(H4,20,21,22)/t9-,10-,13-/m0/s1. The molecule has 3 atom stereocenters. The number of carboxylic acids is 1. The maximum Gasteiger partial charge on any atom is 0.325 e. The lowest BCUT2D eigenvalue weighted by Crippen LogP contribution is -2.56. The second-order valence-electron chi connectivity index (χ2n) is 7.73. The lowest BCUT2D eigenvalue weighted by Gasteiger charge is -2.23. The molecule has 0 spiro atoms. The van der Waals surface area contributed by atoms with E-state index in [2.05, 4.69) is 20.9 Å². The maximum absolute atomic E-state index is 12.5. The van der Waals surface area contributed by atoms with Gasteiger partial charge in [0.25, 0.3) is 5.91 Å². The molecular weight excluding hydrogens is 440 g/mol. The molecule has 0 aromatic heterocycles. The highest BCUT2D eigenvalue weighted by molar-refractivity contribution is 6.06. The van der Waals surface area contributed by atoms with Gasteiger partial charge >= 0.3 is 12.0 Å². The van der Waals surface area contributed by atoms with Crippen LogP contribution in [-0.2, 0) is 24.0 Å². The number of aliphatic carboxylic acids is 1. The molecule has 0 aromatic rings. The van der Waals surface area contributed by atoms with Crippen LogP contribution in [0.1, 0.15) is 33.1 Å². The van der Waals surface area contributed by atoms with E-state index in [1.54, 1.807) is 13.8 Å². The first-order chi connectivity index (χ1) is 15.3. The number of guanidine groups is 1. The predicted octanol–water partition coefficient (Wildman–Crippen LogP) is -3.45. The smallest absolute Gasteiger partial charge is 0.325 e. The summed E-state index contributed by atoms with van der Waals surface area (Å²) < 4.78 is 0. The summed E-state index contributed by atoms with van der Waals surface area (Å²) in [4.78, 5) is 76.4. The molecule has 0 aromatic carbocycles. The average molecular weight is 470 g/mol. The number of carbonyl (C=O) groups is 6. The Labute approximate surface area is 189 Å². The Morgan fingerprint density at radius 1 is 1.15 bits per heavy atom. The molecule has 15 heteroatoms. The Kier molecular flexibility index (Phi) is 10.0. The first-order valence-electron chi connectivity index (χ1n) is 10.1. The van der Waals surface area contributed by atoms with Crippen LogP contribution in [0.4, 0.5) is 4.79 Å². The number of carbonyl (C=O) groups excluding carboxylic acids is 5. The monoisotopic (exact) mass is 470 g/mol. The van der Waals surface area contributed by atoms with Crippen molar-refractivity contribution in [2.75, 3.05) is 13.1 Å². The SMILES string of the molecule is CC(C)[C@H](NC(=O)[C@H](CC(=O)O)NC(=O)CN1C(=O)N[C@@H](CCCN=C(N)N)C1=O)C(N)=O. The van der Waals surface area contributed by atoms with E-state index >= 15 is 0 Å². The van der Waals surface area contributed by atoms with E-state index < -0.39 is 66.7 Å². The van der Waals surface area contributed by atoms with Crippen molar-refractivity contribution in [1.82, 2.24) is 20.9 Å². The number of nitrogens with two attached hydrogens (primary N) is 3. The van der Waals surface area contributed by atoms with Crippen LogP contribution < -0.4 is 33.2 Å². The van der Waals surface area contributed by atoms with Crippen molar-refractivity contribution in [3.05, 3.63) is 0 Å². The fraction of sp³-hybridized carbons (Fsp3) is 0.611. The number of nitrogens with one attached hydrogen (secondary N) is 3. The van der Waals surface area contributed by atoms with Crippen LogP contribution in [0.25, 0.3) is 0 Å². The van der Waals surface area contributed by atoms with Crippen LogP contribution in [-0.4, -0.2) is 82.8 Å². The first-order valence-corrected chi connectivity index (χ1v) is 10.1. The summed E-state index contributed by atoms with van der Waals surface area (Å²) in [6, 6.07) is -4.34. The topological polar surface area (TPSA) is 252 Å².